The Bertz CT molecular complexity index is 740. The third-order valence-corrected chi connectivity index (χ3v) is 4.84. The van der Waals surface area contributed by atoms with Crippen LogP contribution in [0.4, 0.5) is 0 Å². The zero-order valence-corrected chi connectivity index (χ0v) is 14.6. The molecule has 132 valence electrons. The molecule has 1 aliphatic rings. The maximum absolute atomic E-state index is 11.8. The predicted octanol–water partition coefficient (Wildman–Crippen LogP) is 2.67. The molecule has 6 nitrogen and oxygen atoms in total. The van der Waals surface area contributed by atoms with Crippen molar-refractivity contribution in [3.63, 3.8) is 0 Å². The fraction of sp³-hybridized carbons (Fsp3) is 0.421. The molecule has 0 radical (unpaired) electrons. The van der Waals surface area contributed by atoms with Crippen LogP contribution in [0.3, 0.4) is 0 Å². The summed E-state index contributed by atoms with van der Waals surface area (Å²) >= 11 is 0. The average molecular weight is 340 g/mol. The quantitative estimate of drug-likeness (QED) is 0.499. The number of ether oxygens (including phenoxy) is 1. The molecule has 3 rings (SSSR count). The number of esters is 1. The maximum Gasteiger partial charge on any atom is 0.321 e. The molecule has 1 fully saturated rings. The molecule has 0 atom stereocenters. The second kappa shape index (κ2) is 7.61. The van der Waals surface area contributed by atoms with Crippen LogP contribution in [0.5, 0.6) is 0 Å². The molecule has 1 N–H and O–H groups in total. The topological polar surface area (TPSA) is 70.6 Å². The molecule has 2 aromatic rings. The van der Waals surface area contributed by atoms with Gasteiger partial charge in [-0.25, -0.2) is 4.98 Å². The van der Waals surface area contributed by atoms with Crippen LogP contribution in [-0.4, -0.2) is 53.4 Å². The van der Waals surface area contributed by atoms with Crippen LogP contribution in [0.25, 0.3) is 11.0 Å². The SMILES string of the molecule is C=CC1(c2nc3ccccc3[nH]2)CCN(CC(=O)OCN=CC)CC1. The minimum absolute atomic E-state index is 0.0960. The zero-order valence-electron chi connectivity index (χ0n) is 14.6. The molecule has 0 spiro atoms. The summed E-state index contributed by atoms with van der Waals surface area (Å²) in [7, 11) is 0. The highest BCUT2D eigenvalue weighted by Gasteiger charge is 2.36. The molecule has 1 saturated heterocycles. The van der Waals surface area contributed by atoms with Gasteiger partial charge >= 0.3 is 5.97 Å². The van der Waals surface area contributed by atoms with Crippen LogP contribution in [0.2, 0.25) is 0 Å². The van der Waals surface area contributed by atoms with E-state index in [9.17, 15) is 4.79 Å². The summed E-state index contributed by atoms with van der Waals surface area (Å²) in [5, 5.41) is 0. The van der Waals surface area contributed by atoms with Crippen LogP contribution < -0.4 is 0 Å². The lowest BCUT2D eigenvalue weighted by Crippen LogP contribution is -2.44. The normalized spacial score (nSPS) is 17.8. The molecular formula is C19H24N4O2. The first-order valence-electron chi connectivity index (χ1n) is 8.58. The Morgan fingerprint density at radius 2 is 2.20 bits per heavy atom. The number of aromatic amines is 1. The minimum atomic E-state index is -0.236. The number of para-hydroxylation sites is 2. The van der Waals surface area contributed by atoms with E-state index < -0.39 is 0 Å². The van der Waals surface area contributed by atoms with Crippen LogP contribution in [-0.2, 0) is 14.9 Å². The van der Waals surface area contributed by atoms with Crippen molar-refractivity contribution in [2.75, 3.05) is 26.4 Å². The van der Waals surface area contributed by atoms with Crippen molar-refractivity contribution in [1.29, 1.82) is 0 Å². The van der Waals surface area contributed by atoms with E-state index in [-0.39, 0.29) is 18.1 Å². The van der Waals surface area contributed by atoms with E-state index in [1.807, 2.05) is 30.3 Å². The molecule has 2 heterocycles. The summed E-state index contributed by atoms with van der Waals surface area (Å²) in [6, 6.07) is 8.04. The lowest BCUT2D eigenvalue weighted by Gasteiger charge is -2.38. The number of aliphatic imine (C=N–C) groups is 1. The van der Waals surface area contributed by atoms with E-state index in [1.54, 1.807) is 13.1 Å². The Hall–Kier alpha value is -2.47. The number of nitrogens with one attached hydrogen (secondary N) is 1. The standard InChI is InChI=1S/C19H24N4O2/c1-3-19(18-21-15-7-5-6-8-16(15)22-18)9-11-23(12-10-19)13-17(24)25-14-20-4-2/h3-8H,1,9-14H2,2H3,(H,21,22). The van der Waals surface area contributed by atoms with Gasteiger partial charge in [-0.1, -0.05) is 18.2 Å². The van der Waals surface area contributed by atoms with Gasteiger partial charge in [0.2, 0.25) is 0 Å². The van der Waals surface area contributed by atoms with Crippen molar-refractivity contribution in [2.24, 2.45) is 4.99 Å². The Morgan fingerprint density at radius 3 is 2.88 bits per heavy atom. The number of benzene rings is 1. The van der Waals surface area contributed by atoms with Gasteiger partial charge in [-0.3, -0.25) is 14.7 Å². The van der Waals surface area contributed by atoms with Crippen molar-refractivity contribution < 1.29 is 9.53 Å². The summed E-state index contributed by atoms with van der Waals surface area (Å²) < 4.78 is 5.07. The summed E-state index contributed by atoms with van der Waals surface area (Å²) in [6.07, 6.45) is 5.36. The second-order valence-corrected chi connectivity index (χ2v) is 6.33. The number of piperidine rings is 1. The van der Waals surface area contributed by atoms with E-state index in [1.165, 1.54) is 0 Å². The number of carbonyl (C=O) groups excluding carboxylic acids is 1. The summed E-state index contributed by atoms with van der Waals surface area (Å²) in [5.74, 6) is 0.726. The number of likely N-dealkylation sites (tertiary alicyclic amines) is 1. The van der Waals surface area contributed by atoms with Crippen molar-refractivity contribution in [3.05, 3.63) is 42.7 Å². The first-order chi connectivity index (χ1) is 12.2. The number of allylic oxidation sites excluding steroid dienone is 1. The summed E-state index contributed by atoms with van der Waals surface area (Å²) in [4.78, 5) is 26.0. The Kier molecular flexibility index (Phi) is 5.28. The highest BCUT2D eigenvalue weighted by molar-refractivity contribution is 5.75. The van der Waals surface area contributed by atoms with Gasteiger partial charge in [0.25, 0.3) is 0 Å². The highest BCUT2D eigenvalue weighted by atomic mass is 16.5. The van der Waals surface area contributed by atoms with Crippen LogP contribution in [0, 0.1) is 0 Å². The number of imidazole rings is 1. The number of fused-ring (bicyclic) bond motifs is 1. The first kappa shape index (κ1) is 17.4. The number of nitrogens with zero attached hydrogens (tertiary/aromatic N) is 3. The average Bonchev–Trinajstić information content (AvgIpc) is 3.07. The van der Waals surface area contributed by atoms with E-state index in [0.29, 0.717) is 6.54 Å². The molecule has 0 unspecified atom stereocenters. The molecular weight excluding hydrogens is 316 g/mol. The largest absolute Gasteiger partial charge is 0.442 e. The van der Waals surface area contributed by atoms with Crippen LogP contribution in [0.15, 0.2) is 41.9 Å². The van der Waals surface area contributed by atoms with Crippen molar-refractivity contribution >= 4 is 23.2 Å². The Balaban J connectivity index is 1.64. The van der Waals surface area contributed by atoms with E-state index in [2.05, 4.69) is 21.5 Å². The predicted molar refractivity (Wildman–Crippen MR) is 98.8 cm³/mol. The molecule has 0 saturated carbocycles. The molecule has 1 aromatic heterocycles. The molecule has 0 amide bonds. The third-order valence-electron chi connectivity index (χ3n) is 4.84. The van der Waals surface area contributed by atoms with Gasteiger partial charge < -0.3 is 9.72 Å². The van der Waals surface area contributed by atoms with E-state index >= 15 is 0 Å². The van der Waals surface area contributed by atoms with Gasteiger partial charge in [-0.2, -0.15) is 0 Å². The number of H-pyrrole nitrogens is 1. The van der Waals surface area contributed by atoms with E-state index in [0.717, 1.165) is 42.8 Å². The van der Waals surface area contributed by atoms with Gasteiger partial charge in [0.15, 0.2) is 6.73 Å². The zero-order chi connectivity index (χ0) is 17.7. The minimum Gasteiger partial charge on any atom is -0.442 e. The van der Waals surface area contributed by atoms with Crippen molar-refractivity contribution in [3.8, 4) is 0 Å². The number of carbonyl (C=O) groups is 1. The summed E-state index contributed by atoms with van der Waals surface area (Å²) in [5.41, 5.74) is 1.84. The number of rotatable bonds is 6. The number of hydrogen-bond acceptors (Lipinski definition) is 5. The van der Waals surface area contributed by atoms with Gasteiger partial charge in [-0.15, -0.1) is 6.58 Å². The van der Waals surface area contributed by atoms with Gasteiger partial charge in [-0.05, 0) is 51.2 Å². The Morgan fingerprint density at radius 1 is 1.44 bits per heavy atom. The Labute approximate surface area is 147 Å². The maximum atomic E-state index is 11.8. The van der Waals surface area contributed by atoms with Crippen molar-refractivity contribution in [2.45, 2.75) is 25.2 Å². The number of aromatic nitrogens is 2. The first-order valence-corrected chi connectivity index (χ1v) is 8.58. The third kappa shape index (κ3) is 3.79. The smallest absolute Gasteiger partial charge is 0.321 e. The van der Waals surface area contributed by atoms with Crippen molar-refractivity contribution in [1.82, 2.24) is 14.9 Å². The van der Waals surface area contributed by atoms with Crippen LogP contribution in [0.1, 0.15) is 25.6 Å². The van der Waals surface area contributed by atoms with E-state index in [4.69, 9.17) is 9.72 Å². The lowest BCUT2D eigenvalue weighted by atomic mass is 9.78. The highest BCUT2D eigenvalue weighted by Crippen LogP contribution is 2.35. The molecule has 1 aromatic carbocycles. The molecule has 25 heavy (non-hydrogen) atoms. The lowest BCUT2D eigenvalue weighted by molar-refractivity contribution is -0.145. The monoisotopic (exact) mass is 340 g/mol. The van der Waals surface area contributed by atoms with Gasteiger partial charge in [0.05, 0.1) is 17.6 Å². The van der Waals surface area contributed by atoms with Gasteiger partial charge in [0, 0.05) is 5.41 Å². The van der Waals surface area contributed by atoms with Crippen LogP contribution >= 0.6 is 0 Å². The van der Waals surface area contributed by atoms with Gasteiger partial charge in [0.1, 0.15) is 5.82 Å². The molecule has 1 aliphatic heterocycles. The fourth-order valence-electron chi connectivity index (χ4n) is 3.25. The molecule has 0 aliphatic carbocycles. The summed E-state index contributed by atoms with van der Waals surface area (Å²) in [6.45, 7) is 7.85. The fourth-order valence-corrected chi connectivity index (χ4v) is 3.25. The molecule has 0 bridgehead atoms. The molecule has 6 heteroatoms. The second-order valence-electron chi connectivity index (χ2n) is 6.33. The number of hydrogen-bond donors (Lipinski definition) is 1.